The molecule has 0 amide bonds. The fourth-order valence-electron chi connectivity index (χ4n) is 0.986. The number of nitrogens with two attached hydrogens (primary N) is 1. The fraction of sp³-hybridized carbons (Fsp3) is 0.333. The van der Waals surface area contributed by atoms with E-state index in [-0.39, 0.29) is 4.90 Å². The Bertz CT molecular complexity index is 344. The smallest absolute Gasteiger partial charge is 0.241 e. The van der Waals surface area contributed by atoms with Gasteiger partial charge in [-0.1, -0.05) is 0 Å². The summed E-state index contributed by atoms with van der Waals surface area (Å²) in [6.45, 7) is 3.20. The summed E-state index contributed by atoms with van der Waals surface area (Å²) >= 11 is 0. The molecule has 0 bridgehead atoms. The highest BCUT2D eigenvalue weighted by Gasteiger charge is 2.17. The van der Waals surface area contributed by atoms with Gasteiger partial charge < -0.3 is 4.42 Å². The third kappa shape index (κ3) is 1.44. The van der Waals surface area contributed by atoms with Crippen LogP contribution >= 0.6 is 0 Å². The van der Waals surface area contributed by atoms with Gasteiger partial charge in [0, 0.05) is 5.56 Å². The van der Waals surface area contributed by atoms with Crippen LogP contribution in [0.4, 0.5) is 0 Å². The predicted octanol–water partition coefficient (Wildman–Crippen LogP) is 0.544. The van der Waals surface area contributed by atoms with Gasteiger partial charge in [0.05, 0.1) is 6.26 Å². The molecular weight excluding hydrogens is 166 g/mol. The van der Waals surface area contributed by atoms with E-state index in [4.69, 9.17) is 9.56 Å². The lowest BCUT2D eigenvalue weighted by Gasteiger charge is -1.94. The molecule has 4 nitrogen and oxygen atoms in total. The highest BCUT2D eigenvalue weighted by molar-refractivity contribution is 7.89. The van der Waals surface area contributed by atoms with E-state index in [1.165, 1.54) is 6.26 Å². The Balaban J connectivity index is 3.45. The minimum atomic E-state index is -3.61. The molecule has 62 valence electrons. The van der Waals surface area contributed by atoms with Gasteiger partial charge in [-0.05, 0) is 13.8 Å². The Morgan fingerprint density at radius 2 is 2.00 bits per heavy atom. The van der Waals surface area contributed by atoms with E-state index in [9.17, 15) is 8.42 Å². The maximum Gasteiger partial charge on any atom is 0.241 e. The zero-order valence-electron chi connectivity index (χ0n) is 6.29. The highest BCUT2D eigenvalue weighted by Crippen LogP contribution is 2.19. The van der Waals surface area contributed by atoms with Crippen LogP contribution in [-0.4, -0.2) is 8.42 Å². The van der Waals surface area contributed by atoms with Crippen LogP contribution in [-0.2, 0) is 10.0 Å². The van der Waals surface area contributed by atoms with E-state index in [1.807, 2.05) is 0 Å². The van der Waals surface area contributed by atoms with E-state index in [0.29, 0.717) is 11.3 Å². The first-order chi connectivity index (χ1) is 4.93. The number of hydrogen-bond donors (Lipinski definition) is 1. The van der Waals surface area contributed by atoms with Gasteiger partial charge in [0.1, 0.15) is 10.7 Å². The Morgan fingerprint density at radius 3 is 2.18 bits per heavy atom. The molecule has 0 unspecified atom stereocenters. The summed E-state index contributed by atoms with van der Waals surface area (Å²) in [6, 6.07) is 0. The van der Waals surface area contributed by atoms with Crippen molar-refractivity contribution in [1.82, 2.24) is 0 Å². The Hall–Kier alpha value is -0.810. The quantitative estimate of drug-likeness (QED) is 0.677. The van der Waals surface area contributed by atoms with Crippen molar-refractivity contribution in [2.45, 2.75) is 18.7 Å². The third-order valence-electron chi connectivity index (χ3n) is 1.37. The summed E-state index contributed by atoms with van der Waals surface area (Å²) in [5, 5.41) is 4.92. The highest BCUT2D eigenvalue weighted by atomic mass is 32.2. The van der Waals surface area contributed by atoms with Gasteiger partial charge in [-0.3, -0.25) is 0 Å². The molecule has 1 aromatic rings. The lowest BCUT2D eigenvalue weighted by Crippen LogP contribution is -2.13. The molecular formula is C6H9NO3S. The Labute approximate surface area is 65.1 Å². The minimum absolute atomic E-state index is 0.0949. The van der Waals surface area contributed by atoms with Crippen molar-refractivity contribution >= 4 is 10.0 Å². The number of primary sulfonamides is 1. The number of hydrogen-bond acceptors (Lipinski definition) is 3. The average molecular weight is 175 g/mol. The van der Waals surface area contributed by atoms with Crippen LogP contribution in [0.3, 0.4) is 0 Å². The number of rotatable bonds is 1. The monoisotopic (exact) mass is 175 g/mol. The molecule has 0 atom stereocenters. The lowest BCUT2D eigenvalue weighted by molar-refractivity contribution is 0.522. The molecule has 0 spiro atoms. The van der Waals surface area contributed by atoms with Crippen LogP contribution in [0.15, 0.2) is 15.6 Å². The minimum Gasteiger partial charge on any atom is -0.468 e. The summed E-state index contributed by atoms with van der Waals surface area (Å²) in [5.41, 5.74) is 0.546. The van der Waals surface area contributed by atoms with Crippen molar-refractivity contribution in [3.8, 4) is 0 Å². The topological polar surface area (TPSA) is 73.3 Å². The van der Waals surface area contributed by atoms with E-state index < -0.39 is 10.0 Å². The molecule has 0 fully saturated rings. The standard InChI is InChI=1S/C6H9NO3S/c1-4-3-10-5(2)6(4)11(7,8)9/h3H,1-2H3,(H2,7,8,9). The van der Waals surface area contributed by atoms with Crippen molar-refractivity contribution in [1.29, 1.82) is 0 Å². The Morgan fingerprint density at radius 1 is 1.45 bits per heavy atom. The molecule has 0 aromatic carbocycles. The van der Waals surface area contributed by atoms with Crippen LogP contribution in [0, 0.1) is 13.8 Å². The van der Waals surface area contributed by atoms with E-state index >= 15 is 0 Å². The van der Waals surface area contributed by atoms with E-state index in [0.717, 1.165) is 0 Å². The van der Waals surface area contributed by atoms with Crippen molar-refractivity contribution < 1.29 is 12.8 Å². The normalized spacial score (nSPS) is 11.9. The molecule has 1 rings (SSSR count). The van der Waals surface area contributed by atoms with Gasteiger partial charge in [-0.2, -0.15) is 0 Å². The molecule has 0 saturated heterocycles. The van der Waals surface area contributed by atoms with Gasteiger partial charge in [-0.15, -0.1) is 0 Å². The summed E-state index contributed by atoms with van der Waals surface area (Å²) in [6.07, 6.45) is 1.37. The average Bonchev–Trinajstić information content (AvgIpc) is 2.08. The van der Waals surface area contributed by atoms with Gasteiger partial charge in [0.25, 0.3) is 0 Å². The van der Waals surface area contributed by atoms with Crippen LogP contribution in [0.25, 0.3) is 0 Å². The predicted molar refractivity (Wildman–Crippen MR) is 39.6 cm³/mol. The molecule has 1 heterocycles. The molecule has 2 N–H and O–H groups in total. The van der Waals surface area contributed by atoms with Gasteiger partial charge in [0.15, 0.2) is 0 Å². The number of furan rings is 1. The first-order valence-electron chi connectivity index (χ1n) is 3.00. The summed E-state index contributed by atoms with van der Waals surface area (Å²) in [4.78, 5) is 0.0949. The van der Waals surface area contributed by atoms with Gasteiger partial charge in [0.2, 0.25) is 10.0 Å². The molecule has 0 saturated carbocycles. The first kappa shape index (κ1) is 8.29. The molecule has 11 heavy (non-hydrogen) atoms. The third-order valence-corrected chi connectivity index (χ3v) is 2.55. The second-order valence-corrected chi connectivity index (χ2v) is 3.85. The van der Waals surface area contributed by atoms with Gasteiger partial charge in [-0.25, -0.2) is 13.6 Å². The van der Waals surface area contributed by atoms with Crippen LogP contribution in [0.1, 0.15) is 11.3 Å². The lowest BCUT2D eigenvalue weighted by atomic mass is 10.3. The second-order valence-electron chi connectivity index (χ2n) is 2.35. The molecule has 0 aliphatic rings. The van der Waals surface area contributed by atoms with Crippen molar-refractivity contribution in [2.24, 2.45) is 5.14 Å². The van der Waals surface area contributed by atoms with Crippen molar-refractivity contribution in [2.75, 3.05) is 0 Å². The van der Waals surface area contributed by atoms with Crippen LogP contribution in [0.5, 0.6) is 0 Å². The number of aryl methyl sites for hydroxylation is 2. The summed E-state index contributed by atoms with van der Waals surface area (Å²) < 4.78 is 26.6. The fourth-order valence-corrected chi connectivity index (χ4v) is 1.93. The first-order valence-corrected chi connectivity index (χ1v) is 4.55. The SMILES string of the molecule is Cc1coc(C)c1S(N)(=O)=O. The summed E-state index contributed by atoms with van der Waals surface area (Å²) in [5.74, 6) is 0.338. The molecule has 0 aliphatic carbocycles. The van der Waals surface area contributed by atoms with E-state index in [1.54, 1.807) is 13.8 Å². The van der Waals surface area contributed by atoms with Crippen molar-refractivity contribution in [3.05, 3.63) is 17.6 Å². The molecule has 1 aromatic heterocycles. The van der Waals surface area contributed by atoms with Crippen molar-refractivity contribution in [3.63, 3.8) is 0 Å². The molecule has 0 aliphatic heterocycles. The zero-order valence-corrected chi connectivity index (χ0v) is 7.10. The number of sulfonamides is 1. The second kappa shape index (κ2) is 2.35. The molecule has 0 radical (unpaired) electrons. The maximum absolute atomic E-state index is 10.9. The van der Waals surface area contributed by atoms with Crippen LogP contribution in [0.2, 0.25) is 0 Å². The largest absolute Gasteiger partial charge is 0.468 e. The zero-order chi connectivity index (χ0) is 8.65. The molecule has 5 heteroatoms. The van der Waals surface area contributed by atoms with Gasteiger partial charge >= 0.3 is 0 Å². The Kier molecular flexibility index (Phi) is 1.77. The maximum atomic E-state index is 10.9. The summed E-state index contributed by atoms with van der Waals surface area (Å²) in [7, 11) is -3.61. The van der Waals surface area contributed by atoms with Crippen LogP contribution < -0.4 is 5.14 Å². The van der Waals surface area contributed by atoms with E-state index in [2.05, 4.69) is 0 Å².